The number of halogens is 1. The predicted molar refractivity (Wildman–Crippen MR) is 128 cm³/mol. The molecule has 2 aliphatic rings. The largest absolute Gasteiger partial charge is 0.273 e. The molecule has 4 aromatic carbocycles. The minimum atomic E-state index is -0.916. The smallest absolute Gasteiger partial charge is 0.266 e. The van der Waals surface area contributed by atoms with Crippen molar-refractivity contribution in [3.8, 4) is 0 Å². The highest BCUT2D eigenvalue weighted by Gasteiger charge is 2.60. The Morgan fingerprint density at radius 1 is 0.727 bits per heavy atom. The number of hydrogen-bond donors (Lipinski definition) is 0. The average molecular weight is 455 g/mol. The number of nitrogens with zero attached hydrogens (tertiary/aromatic N) is 2. The predicted octanol–water partition coefficient (Wildman–Crippen LogP) is 5.54. The molecule has 0 aliphatic carbocycles. The summed E-state index contributed by atoms with van der Waals surface area (Å²) in [4.78, 5) is 34.6. The maximum absolute atomic E-state index is 13.8. The summed E-state index contributed by atoms with van der Waals surface area (Å²) in [5.41, 5.74) is 2.19. The molecule has 2 fully saturated rings. The first-order valence-corrected chi connectivity index (χ1v) is 11.1. The van der Waals surface area contributed by atoms with Crippen molar-refractivity contribution in [1.29, 1.82) is 0 Å². The van der Waals surface area contributed by atoms with Gasteiger partial charge in [0.05, 0.1) is 17.4 Å². The van der Waals surface area contributed by atoms with Gasteiger partial charge in [-0.2, -0.15) is 0 Å². The van der Waals surface area contributed by atoms with Crippen LogP contribution in [-0.4, -0.2) is 17.9 Å². The van der Waals surface area contributed by atoms with Gasteiger partial charge in [0.15, 0.2) is 6.10 Å². The Morgan fingerprint density at radius 2 is 1.42 bits per heavy atom. The van der Waals surface area contributed by atoms with Gasteiger partial charge in [-0.1, -0.05) is 78.3 Å². The molecule has 2 amide bonds. The lowest BCUT2D eigenvalue weighted by atomic mass is 9.87. The van der Waals surface area contributed by atoms with Gasteiger partial charge >= 0.3 is 0 Å². The molecule has 0 unspecified atom stereocenters. The van der Waals surface area contributed by atoms with Crippen molar-refractivity contribution < 1.29 is 14.4 Å². The van der Waals surface area contributed by atoms with E-state index in [1.807, 2.05) is 72.8 Å². The van der Waals surface area contributed by atoms with E-state index < -0.39 is 18.1 Å². The molecule has 2 aliphatic heterocycles. The number of anilines is 2. The van der Waals surface area contributed by atoms with Gasteiger partial charge in [0.2, 0.25) is 5.91 Å². The zero-order chi connectivity index (χ0) is 22.5. The SMILES string of the molecule is O=C1[C@H]2[C@@H](ON(c3ccccc3)[C@H]2c2cccc3ccccc23)C(=O)N1c1cccc(Cl)c1. The highest BCUT2D eigenvalue weighted by molar-refractivity contribution is 6.31. The van der Waals surface area contributed by atoms with Crippen molar-refractivity contribution in [2.75, 3.05) is 9.96 Å². The van der Waals surface area contributed by atoms with E-state index in [2.05, 4.69) is 0 Å². The van der Waals surface area contributed by atoms with Crippen LogP contribution in [0.4, 0.5) is 11.4 Å². The van der Waals surface area contributed by atoms with Crippen LogP contribution in [0.3, 0.4) is 0 Å². The monoisotopic (exact) mass is 454 g/mol. The molecule has 0 N–H and O–H groups in total. The molecule has 0 radical (unpaired) electrons. The molecule has 0 bridgehead atoms. The minimum Gasteiger partial charge on any atom is -0.273 e. The van der Waals surface area contributed by atoms with Crippen LogP contribution in [-0.2, 0) is 14.4 Å². The summed E-state index contributed by atoms with van der Waals surface area (Å²) in [6.07, 6.45) is -0.916. The van der Waals surface area contributed by atoms with E-state index >= 15 is 0 Å². The Morgan fingerprint density at radius 3 is 2.24 bits per heavy atom. The lowest BCUT2D eigenvalue weighted by molar-refractivity contribution is -0.126. The fourth-order valence-electron chi connectivity index (χ4n) is 4.91. The molecule has 6 heteroatoms. The molecule has 0 aromatic heterocycles. The van der Waals surface area contributed by atoms with Crippen LogP contribution in [0.25, 0.3) is 10.8 Å². The summed E-state index contributed by atoms with van der Waals surface area (Å²) in [5, 5.41) is 4.27. The second-order valence-electron chi connectivity index (χ2n) is 8.22. The van der Waals surface area contributed by atoms with Crippen molar-refractivity contribution in [2.45, 2.75) is 12.1 Å². The minimum absolute atomic E-state index is 0.288. The van der Waals surface area contributed by atoms with E-state index in [1.54, 1.807) is 29.3 Å². The van der Waals surface area contributed by atoms with Crippen molar-refractivity contribution >= 4 is 45.6 Å². The Labute approximate surface area is 195 Å². The first kappa shape index (κ1) is 20.0. The number of rotatable bonds is 3. The third kappa shape index (κ3) is 3.12. The molecule has 3 atom stereocenters. The number of benzene rings is 4. The van der Waals surface area contributed by atoms with Gasteiger partial charge in [0.1, 0.15) is 5.92 Å². The molecule has 33 heavy (non-hydrogen) atoms. The van der Waals surface area contributed by atoms with Crippen LogP contribution in [0.1, 0.15) is 11.6 Å². The molecule has 4 aromatic rings. The molecule has 2 saturated heterocycles. The van der Waals surface area contributed by atoms with Gasteiger partial charge in [-0.05, 0) is 46.7 Å². The van der Waals surface area contributed by atoms with Crippen LogP contribution in [0.15, 0.2) is 97.1 Å². The van der Waals surface area contributed by atoms with Gasteiger partial charge in [-0.25, -0.2) is 9.96 Å². The van der Waals surface area contributed by atoms with E-state index in [4.69, 9.17) is 16.4 Å². The van der Waals surface area contributed by atoms with Crippen LogP contribution in [0.2, 0.25) is 5.02 Å². The lowest BCUT2D eigenvalue weighted by Crippen LogP contribution is -2.37. The van der Waals surface area contributed by atoms with Crippen LogP contribution in [0.5, 0.6) is 0 Å². The number of hydrogen-bond acceptors (Lipinski definition) is 4. The van der Waals surface area contributed by atoms with Crippen molar-refractivity contribution in [2.24, 2.45) is 5.92 Å². The van der Waals surface area contributed by atoms with Crippen LogP contribution >= 0.6 is 11.6 Å². The van der Waals surface area contributed by atoms with Crippen LogP contribution in [0, 0.1) is 5.92 Å². The zero-order valence-electron chi connectivity index (χ0n) is 17.5. The highest BCUT2D eigenvalue weighted by Crippen LogP contribution is 2.49. The average Bonchev–Trinajstić information content (AvgIpc) is 3.35. The van der Waals surface area contributed by atoms with Crippen molar-refractivity contribution in [3.05, 3.63) is 108 Å². The number of carbonyl (C=O) groups is 2. The first-order valence-electron chi connectivity index (χ1n) is 10.8. The van der Waals surface area contributed by atoms with Gasteiger partial charge in [-0.15, -0.1) is 0 Å². The summed E-state index contributed by atoms with van der Waals surface area (Å²) in [6, 6.07) is 30.0. The highest BCUT2D eigenvalue weighted by atomic mass is 35.5. The summed E-state index contributed by atoms with van der Waals surface area (Å²) < 4.78 is 0. The van der Waals surface area contributed by atoms with Gasteiger partial charge < -0.3 is 0 Å². The Kier molecular flexibility index (Phi) is 4.68. The van der Waals surface area contributed by atoms with Gasteiger partial charge in [0.25, 0.3) is 5.91 Å². The number of para-hydroxylation sites is 1. The van der Waals surface area contributed by atoms with Crippen LogP contribution < -0.4 is 9.96 Å². The fraction of sp³-hybridized carbons (Fsp3) is 0.111. The maximum atomic E-state index is 13.8. The summed E-state index contributed by atoms with van der Waals surface area (Å²) in [6.45, 7) is 0. The topological polar surface area (TPSA) is 49.9 Å². The summed E-state index contributed by atoms with van der Waals surface area (Å²) >= 11 is 6.14. The van der Waals surface area contributed by atoms with Gasteiger partial charge in [-0.3, -0.25) is 14.4 Å². The number of amides is 2. The second kappa shape index (κ2) is 7.73. The van der Waals surface area contributed by atoms with Crippen molar-refractivity contribution in [1.82, 2.24) is 0 Å². The molecule has 0 spiro atoms. The van der Waals surface area contributed by atoms with Crippen molar-refractivity contribution in [3.63, 3.8) is 0 Å². The van der Waals surface area contributed by atoms with E-state index in [0.717, 1.165) is 22.0 Å². The summed E-state index contributed by atoms with van der Waals surface area (Å²) in [7, 11) is 0. The molecule has 6 rings (SSSR count). The number of fused-ring (bicyclic) bond motifs is 2. The first-order chi connectivity index (χ1) is 16.1. The standard InChI is InChI=1S/C27H19ClN2O3/c28-18-10-7-13-20(16-18)29-26(31)23-24(22-15-6-9-17-8-4-5-14-21(17)22)30(33-25(23)27(29)32)19-11-2-1-3-12-19/h1-16,23-25H/t23-,24+,25-/m1/s1. The van der Waals surface area contributed by atoms with E-state index in [9.17, 15) is 9.59 Å². The number of carbonyl (C=O) groups excluding carboxylic acids is 2. The Bertz CT molecular complexity index is 1390. The summed E-state index contributed by atoms with van der Waals surface area (Å²) in [5.74, 6) is -1.36. The second-order valence-corrected chi connectivity index (χ2v) is 8.65. The molecule has 162 valence electrons. The van der Waals surface area contributed by atoms with E-state index in [0.29, 0.717) is 10.7 Å². The molecule has 2 heterocycles. The molecule has 5 nitrogen and oxygen atoms in total. The third-order valence-corrected chi connectivity index (χ3v) is 6.57. The van der Waals surface area contributed by atoms with E-state index in [-0.39, 0.29) is 11.8 Å². The molecule has 0 saturated carbocycles. The van der Waals surface area contributed by atoms with E-state index in [1.165, 1.54) is 4.90 Å². The normalized spacial score (nSPS) is 22.3. The molecular weight excluding hydrogens is 436 g/mol. The number of imide groups is 1. The molecular formula is C27H19ClN2O3. The Balaban J connectivity index is 1.51. The lowest BCUT2D eigenvalue weighted by Gasteiger charge is -2.29. The van der Waals surface area contributed by atoms with Gasteiger partial charge in [0, 0.05) is 5.02 Å². The number of hydroxylamine groups is 1. The third-order valence-electron chi connectivity index (χ3n) is 6.33. The quantitative estimate of drug-likeness (QED) is 0.381. The maximum Gasteiger partial charge on any atom is 0.266 e. The zero-order valence-corrected chi connectivity index (χ0v) is 18.2. The Hall–Kier alpha value is -3.67. The fourth-order valence-corrected chi connectivity index (χ4v) is 5.09.